The minimum atomic E-state index is 0.0735. The predicted molar refractivity (Wildman–Crippen MR) is 84.1 cm³/mol. The number of aromatic nitrogens is 2. The highest BCUT2D eigenvalue weighted by Crippen LogP contribution is 2.23. The van der Waals surface area contributed by atoms with Gasteiger partial charge in [0, 0.05) is 11.5 Å². The van der Waals surface area contributed by atoms with Gasteiger partial charge in [0.25, 0.3) is 0 Å². The molecule has 0 bridgehead atoms. The lowest BCUT2D eigenvalue weighted by Gasteiger charge is -2.23. The van der Waals surface area contributed by atoms with Gasteiger partial charge in [-0.15, -0.1) is 0 Å². The average Bonchev–Trinajstić information content (AvgIpc) is 2.83. The van der Waals surface area contributed by atoms with Crippen LogP contribution in [0.25, 0.3) is 11.0 Å². The molecule has 2 N–H and O–H groups in total. The average molecular weight is 271 g/mol. The highest BCUT2D eigenvalue weighted by molar-refractivity contribution is 5.76. The van der Waals surface area contributed by atoms with Gasteiger partial charge in [0.2, 0.25) is 0 Å². The summed E-state index contributed by atoms with van der Waals surface area (Å²) >= 11 is 0. The molecule has 3 heteroatoms. The van der Waals surface area contributed by atoms with Crippen molar-refractivity contribution in [3.63, 3.8) is 0 Å². The highest BCUT2D eigenvalue weighted by Gasteiger charge is 2.18. The van der Waals surface area contributed by atoms with Gasteiger partial charge in [0.05, 0.1) is 11.0 Å². The third-order valence-corrected chi connectivity index (χ3v) is 4.15. The Kier molecular flexibility index (Phi) is 3.55. The fraction of sp³-hybridized carbons (Fsp3) is 0.588. The van der Waals surface area contributed by atoms with E-state index in [-0.39, 0.29) is 5.41 Å². The van der Waals surface area contributed by atoms with Crippen molar-refractivity contribution in [1.29, 1.82) is 0 Å². The summed E-state index contributed by atoms with van der Waals surface area (Å²) in [5.74, 6) is 1.07. The van der Waals surface area contributed by atoms with Crippen LogP contribution in [0.3, 0.4) is 0 Å². The van der Waals surface area contributed by atoms with Crippen molar-refractivity contribution in [1.82, 2.24) is 15.3 Å². The number of benzene rings is 1. The maximum Gasteiger partial charge on any atom is 0.112 e. The van der Waals surface area contributed by atoms with Crippen LogP contribution >= 0.6 is 0 Å². The number of rotatable bonds is 2. The van der Waals surface area contributed by atoms with Gasteiger partial charge in [0.15, 0.2) is 0 Å². The minimum absolute atomic E-state index is 0.0735. The summed E-state index contributed by atoms with van der Waals surface area (Å²) in [6.07, 6.45) is 5.11. The van der Waals surface area contributed by atoms with Gasteiger partial charge in [-0.3, -0.25) is 0 Å². The molecule has 2 aromatic rings. The molecule has 0 saturated carbocycles. The number of H-pyrrole nitrogens is 1. The maximum absolute atomic E-state index is 4.70. The molecule has 1 aromatic carbocycles. The first-order valence-corrected chi connectivity index (χ1v) is 7.75. The Morgan fingerprint density at radius 2 is 2.10 bits per heavy atom. The van der Waals surface area contributed by atoms with E-state index in [0.717, 1.165) is 17.8 Å². The van der Waals surface area contributed by atoms with E-state index in [1.54, 1.807) is 0 Å². The molecule has 0 radical (unpaired) electrons. The smallest absolute Gasteiger partial charge is 0.112 e. The van der Waals surface area contributed by atoms with E-state index >= 15 is 0 Å². The van der Waals surface area contributed by atoms with Gasteiger partial charge in [-0.2, -0.15) is 0 Å². The van der Waals surface area contributed by atoms with Gasteiger partial charge in [-0.25, -0.2) is 4.98 Å². The van der Waals surface area contributed by atoms with Crippen molar-refractivity contribution in [3.05, 3.63) is 29.6 Å². The van der Waals surface area contributed by atoms with Crippen LogP contribution in [0.1, 0.15) is 51.4 Å². The van der Waals surface area contributed by atoms with Gasteiger partial charge in [-0.1, -0.05) is 33.3 Å². The SMILES string of the molecule is CC(C)(C)c1nc2ccc(CC3CCCCN3)cc2[nH]1. The zero-order valence-electron chi connectivity index (χ0n) is 12.8. The Hall–Kier alpha value is -1.35. The molecule has 108 valence electrons. The number of hydrogen-bond donors (Lipinski definition) is 2. The van der Waals surface area contributed by atoms with Gasteiger partial charge in [0.1, 0.15) is 5.82 Å². The number of imidazole rings is 1. The van der Waals surface area contributed by atoms with Crippen LogP contribution in [0, 0.1) is 0 Å². The summed E-state index contributed by atoms with van der Waals surface area (Å²) in [6.45, 7) is 7.75. The largest absolute Gasteiger partial charge is 0.342 e. The first-order valence-electron chi connectivity index (χ1n) is 7.75. The summed E-state index contributed by atoms with van der Waals surface area (Å²) in [7, 11) is 0. The van der Waals surface area contributed by atoms with Crippen LogP contribution in [0.2, 0.25) is 0 Å². The Morgan fingerprint density at radius 3 is 2.80 bits per heavy atom. The van der Waals surface area contributed by atoms with Crippen LogP contribution in [-0.4, -0.2) is 22.6 Å². The van der Waals surface area contributed by atoms with Crippen molar-refractivity contribution >= 4 is 11.0 Å². The lowest BCUT2D eigenvalue weighted by Crippen LogP contribution is -2.35. The van der Waals surface area contributed by atoms with E-state index in [2.05, 4.69) is 49.3 Å². The van der Waals surface area contributed by atoms with Crippen molar-refractivity contribution in [3.8, 4) is 0 Å². The molecule has 1 saturated heterocycles. The van der Waals surface area contributed by atoms with Gasteiger partial charge >= 0.3 is 0 Å². The van der Waals surface area contributed by atoms with Crippen LogP contribution < -0.4 is 5.32 Å². The molecule has 0 aliphatic carbocycles. The van der Waals surface area contributed by atoms with E-state index in [4.69, 9.17) is 4.98 Å². The predicted octanol–water partition coefficient (Wildman–Crippen LogP) is 3.55. The Bertz CT molecular complexity index is 586. The molecule has 3 nitrogen and oxygen atoms in total. The zero-order chi connectivity index (χ0) is 14.2. The van der Waals surface area contributed by atoms with Crippen molar-refractivity contribution < 1.29 is 0 Å². The highest BCUT2D eigenvalue weighted by atomic mass is 14.9. The normalized spacial score (nSPS) is 20.4. The summed E-state index contributed by atoms with van der Waals surface area (Å²) in [5.41, 5.74) is 3.73. The quantitative estimate of drug-likeness (QED) is 0.877. The lowest BCUT2D eigenvalue weighted by molar-refractivity contribution is 0.399. The molecule has 3 rings (SSSR count). The third kappa shape index (κ3) is 2.88. The Morgan fingerprint density at radius 1 is 1.25 bits per heavy atom. The van der Waals surface area contributed by atoms with Crippen LogP contribution in [0.5, 0.6) is 0 Å². The monoisotopic (exact) mass is 271 g/mol. The van der Waals surface area contributed by atoms with Crippen molar-refractivity contribution in [2.75, 3.05) is 6.54 Å². The fourth-order valence-electron chi connectivity index (χ4n) is 2.92. The summed E-state index contributed by atoms with van der Waals surface area (Å²) < 4.78 is 0. The van der Waals surface area contributed by atoms with E-state index < -0.39 is 0 Å². The van der Waals surface area contributed by atoms with E-state index in [0.29, 0.717) is 6.04 Å². The number of piperidine rings is 1. The van der Waals surface area contributed by atoms with E-state index in [9.17, 15) is 0 Å². The van der Waals surface area contributed by atoms with Crippen molar-refractivity contribution in [2.45, 2.75) is 57.9 Å². The first kappa shape index (κ1) is 13.6. The molecular formula is C17H25N3. The maximum atomic E-state index is 4.70. The second kappa shape index (κ2) is 5.21. The number of nitrogens with one attached hydrogen (secondary N) is 2. The first-order chi connectivity index (χ1) is 9.52. The molecule has 20 heavy (non-hydrogen) atoms. The number of nitrogens with zero attached hydrogens (tertiary/aromatic N) is 1. The van der Waals surface area contributed by atoms with E-state index in [1.165, 1.54) is 36.9 Å². The molecule has 1 atom stereocenters. The minimum Gasteiger partial charge on any atom is -0.342 e. The molecule has 1 aromatic heterocycles. The topological polar surface area (TPSA) is 40.7 Å². The number of hydrogen-bond acceptors (Lipinski definition) is 2. The lowest BCUT2D eigenvalue weighted by atomic mass is 9.96. The summed E-state index contributed by atoms with van der Waals surface area (Å²) in [4.78, 5) is 8.18. The van der Waals surface area contributed by atoms with Crippen LogP contribution in [0.15, 0.2) is 18.2 Å². The van der Waals surface area contributed by atoms with Crippen LogP contribution in [-0.2, 0) is 11.8 Å². The van der Waals surface area contributed by atoms with E-state index in [1.807, 2.05) is 0 Å². The molecule has 2 heterocycles. The molecule has 1 aliphatic rings. The Labute approximate surface area is 121 Å². The molecule has 0 amide bonds. The van der Waals surface area contributed by atoms with Crippen LogP contribution in [0.4, 0.5) is 0 Å². The number of fused-ring (bicyclic) bond motifs is 1. The van der Waals surface area contributed by atoms with Gasteiger partial charge < -0.3 is 10.3 Å². The third-order valence-electron chi connectivity index (χ3n) is 4.15. The standard InChI is InChI=1S/C17H25N3/c1-17(2,3)16-19-14-8-7-12(11-15(14)20-16)10-13-6-4-5-9-18-13/h7-8,11,13,18H,4-6,9-10H2,1-3H3,(H,19,20). The Balaban J connectivity index is 1.82. The zero-order valence-corrected chi connectivity index (χ0v) is 12.8. The van der Waals surface area contributed by atoms with Gasteiger partial charge in [-0.05, 0) is 43.5 Å². The second-order valence-electron chi connectivity index (χ2n) is 7.04. The van der Waals surface area contributed by atoms with Crippen molar-refractivity contribution in [2.24, 2.45) is 0 Å². The fourth-order valence-corrected chi connectivity index (χ4v) is 2.92. The molecule has 1 aliphatic heterocycles. The second-order valence-corrected chi connectivity index (χ2v) is 7.04. The summed E-state index contributed by atoms with van der Waals surface area (Å²) in [6, 6.07) is 7.30. The molecule has 1 fully saturated rings. The molecule has 0 spiro atoms. The molecular weight excluding hydrogens is 246 g/mol. The number of aromatic amines is 1. The summed E-state index contributed by atoms with van der Waals surface area (Å²) in [5, 5.41) is 3.62. The molecule has 1 unspecified atom stereocenters.